The molecule has 1 rings (SSSR count). The molecule has 0 aliphatic rings. The van der Waals surface area contributed by atoms with E-state index in [1.807, 2.05) is 0 Å². The summed E-state index contributed by atoms with van der Waals surface area (Å²) in [5.41, 5.74) is 16.8. The van der Waals surface area contributed by atoms with E-state index < -0.39 is 5.97 Å². The first-order chi connectivity index (χ1) is 7.90. The molecule has 0 heterocycles. The van der Waals surface area contributed by atoms with E-state index >= 15 is 0 Å². The van der Waals surface area contributed by atoms with Crippen molar-refractivity contribution < 1.29 is 9.90 Å². The Morgan fingerprint density at radius 2 is 1.94 bits per heavy atom. The quantitative estimate of drug-likeness (QED) is 0.419. The maximum Gasteiger partial charge on any atom is 0.337 e. The Morgan fingerprint density at radius 1 is 1.29 bits per heavy atom. The van der Waals surface area contributed by atoms with Gasteiger partial charge in [0.05, 0.1) is 11.3 Å². The van der Waals surface area contributed by atoms with E-state index in [1.54, 1.807) is 19.1 Å². The van der Waals surface area contributed by atoms with E-state index in [-0.39, 0.29) is 23.2 Å². The van der Waals surface area contributed by atoms with Crippen LogP contribution < -0.4 is 17.2 Å². The van der Waals surface area contributed by atoms with Crippen molar-refractivity contribution in [1.82, 2.24) is 0 Å². The number of nitrogens with zero attached hydrogens (tertiary/aromatic N) is 2. The van der Waals surface area contributed by atoms with Crippen LogP contribution in [0.4, 0.5) is 5.69 Å². The van der Waals surface area contributed by atoms with E-state index in [1.165, 1.54) is 6.07 Å². The molecule has 0 atom stereocenters. The molecular formula is C10H13N5O2. The SMILES string of the molecule is Cc1ccc(C(=O)O)c(N=C(N)N=C(N)N)c1. The topological polar surface area (TPSA) is 140 Å². The maximum absolute atomic E-state index is 10.9. The fourth-order valence-electron chi connectivity index (χ4n) is 1.20. The monoisotopic (exact) mass is 235 g/mol. The number of carbonyl (C=O) groups is 1. The predicted molar refractivity (Wildman–Crippen MR) is 65.2 cm³/mol. The zero-order valence-electron chi connectivity index (χ0n) is 9.21. The van der Waals surface area contributed by atoms with Crippen molar-refractivity contribution in [2.45, 2.75) is 6.92 Å². The highest BCUT2D eigenvalue weighted by Crippen LogP contribution is 2.20. The fourth-order valence-corrected chi connectivity index (χ4v) is 1.20. The van der Waals surface area contributed by atoms with Crippen LogP contribution in [0.3, 0.4) is 0 Å². The van der Waals surface area contributed by atoms with Crippen LogP contribution in [0.1, 0.15) is 15.9 Å². The van der Waals surface area contributed by atoms with Crippen molar-refractivity contribution in [3.8, 4) is 0 Å². The molecule has 0 fully saturated rings. The molecule has 0 radical (unpaired) electrons. The molecule has 90 valence electrons. The molecule has 0 aliphatic heterocycles. The Morgan fingerprint density at radius 3 is 2.47 bits per heavy atom. The second kappa shape index (κ2) is 4.97. The van der Waals surface area contributed by atoms with Crippen molar-refractivity contribution in [1.29, 1.82) is 0 Å². The largest absolute Gasteiger partial charge is 0.478 e. The third kappa shape index (κ3) is 3.49. The summed E-state index contributed by atoms with van der Waals surface area (Å²) in [6, 6.07) is 4.69. The molecule has 7 heteroatoms. The Balaban J connectivity index is 3.25. The van der Waals surface area contributed by atoms with E-state index in [0.29, 0.717) is 0 Å². The fraction of sp³-hybridized carbons (Fsp3) is 0.100. The van der Waals surface area contributed by atoms with Gasteiger partial charge in [0, 0.05) is 0 Å². The summed E-state index contributed by atoms with van der Waals surface area (Å²) < 4.78 is 0. The van der Waals surface area contributed by atoms with Gasteiger partial charge in [-0.05, 0) is 24.6 Å². The zero-order chi connectivity index (χ0) is 13.0. The Bertz CT molecular complexity index is 503. The molecule has 0 aromatic heterocycles. The summed E-state index contributed by atoms with van der Waals surface area (Å²) in [5.74, 6) is -1.53. The minimum absolute atomic E-state index is 0.0318. The molecule has 0 saturated heterocycles. The highest BCUT2D eigenvalue weighted by Gasteiger charge is 2.09. The molecule has 17 heavy (non-hydrogen) atoms. The first kappa shape index (κ1) is 12.5. The first-order valence-electron chi connectivity index (χ1n) is 4.68. The Kier molecular flexibility index (Phi) is 3.66. The molecule has 1 aromatic rings. The number of hydrogen-bond acceptors (Lipinski definition) is 2. The molecule has 0 aliphatic carbocycles. The summed E-state index contributed by atoms with van der Waals surface area (Å²) in [4.78, 5) is 18.3. The van der Waals surface area contributed by atoms with Crippen LogP contribution in [0, 0.1) is 6.92 Å². The van der Waals surface area contributed by atoms with Crippen LogP contribution in [0.25, 0.3) is 0 Å². The molecule has 7 N–H and O–H groups in total. The molecule has 7 nitrogen and oxygen atoms in total. The van der Waals surface area contributed by atoms with Crippen LogP contribution in [0.2, 0.25) is 0 Å². The molecular weight excluding hydrogens is 222 g/mol. The van der Waals surface area contributed by atoms with Crippen molar-refractivity contribution in [2.24, 2.45) is 27.2 Å². The van der Waals surface area contributed by atoms with Gasteiger partial charge in [-0.1, -0.05) is 6.07 Å². The third-order valence-electron chi connectivity index (χ3n) is 1.86. The number of guanidine groups is 2. The number of aromatic carboxylic acids is 1. The van der Waals surface area contributed by atoms with Gasteiger partial charge in [0.15, 0.2) is 5.96 Å². The highest BCUT2D eigenvalue weighted by molar-refractivity contribution is 5.97. The summed E-state index contributed by atoms with van der Waals surface area (Å²) in [6.45, 7) is 1.81. The predicted octanol–water partition coefficient (Wildman–Crippen LogP) is -0.0872. The van der Waals surface area contributed by atoms with Crippen molar-refractivity contribution >= 4 is 23.6 Å². The Hall–Kier alpha value is -2.57. The number of aliphatic imine (C=N–C) groups is 2. The van der Waals surface area contributed by atoms with Crippen LogP contribution in [0.15, 0.2) is 28.2 Å². The standard InChI is InChI=1S/C10H13N5O2/c1-5-2-3-6(8(16)17)7(4-5)14-10(13)15-9(11)12/h2-4H,1H3,(H,16,17)(H6,11,12,13,14,15). The van der Waals surface area contributed by atoms with Gasteiger partial charge in [0.1, 0.15) is 0 Å². The zero-order valence-corrected chi connectivity index (χ0v) is 9.21. The van der Waals surface area contributed by atoms with Gasteiger partial charge in [-0.2, -0.15) is 4.99 Å². The van der Waals surface area contributed by atoms with Crippen molar-refractivity contribution in [3.05, 3.63) is 29.3 Å². The van der Waals surface area contributed by atoms with Crippen LogP contribution in [0.5, 0.6) is 0 Å². The Labute approximate surface area is 97.7 Å². The summed E-state index contributed by atoms with van der Waals surface area (Å²) in [7, 11) is 0. The van der Waals surface area contributed by atoms with Crippen molar-refractivity contribution in [2.75, 3.05) is 0 Å². The minimum atomic E-state index is -1.10. The normalized spacial score (nSPS) is 11.0. The molecule has 0 bridgehead atoms. The number of nitrogens with two attached hydrogens (primary N) is 3. The van der Waals surface area contributed by atoms with Crippen LogP contribution in [-0.4, -0.2) is 23.0 Å². The van der Waals surface area contributed by atoms with Gasteiger partial charge >= 0.3 is 5.97 Å². The van der Waals surface area contributed by atoms with Gasteiger partial charge in [-0.15, -0.1) is 0 Å². The average molecular weight is 235 g/mol. The third-order valence-corrected chi connectivity index (χ3v) is 1.86. The van der Waals surface area contributed by atoms with E-state index in [9.17, 15) is 4.79 Å². The van der Waals surface area contributed by atoms with E-state index in [4.69, 9.17) is 22.3 Å². The van der Waals surface area contributed by atoms with Gasteiger partial charge in [-0.3, -0.25) is 0 Å². The molecule has 0 amide bonds. The molecule has 0 spiro atoms. The number of hydrogen-bond donors (Lipinski definition) is 4. The number of carboxylic acids is 1. The highest BCUT2D eigenvalue weighted by atomic mass is 16.4. The summed E-state index contributed by atoms with van der Waals surface area (Å²) in [5, 5.41) is 8.96. The van der Waals surface area contributed by atoms with Crippen molar-refractivity contribution in [3.63, 3.8) is 0 Å². The number of rotatable bonds is 2. The minimum Gasteiger partial charge on any atom is -0.478 e. The second-order valence-corrected chi connectivity index (χ2v) is 3.33. The van der Waals surface area contributed by atoms with Gasteiger partial charge in [-0.25, -0.2) is 9.79 Å². The number of aryl methyl sites for hydroxylation is 1. The van der Waals surface area contributed by atoms with E-state index in [2.05, 4.69) is 9.98 Å². The molecule has 1 aromatic carbocycles. The van der Waals surface area contributed by atoms with E-state index in [0.717, 1.165) is 5.56 Å². The first-order valence-corrected chi connectivity index (χ1v) is 4.68. The average Bonchev–Trinajstić information content (AvgIpc) is 2.15. The lowest BCUT2D eigenvalue weighted by Crippen LogP contribution is -2.26. The van der Waals surface area contributed by atoms with Crippen LogP contribution >= 0.6 is 0 Å². The number of benzene rings is 1. The lowest BCUT2D eigenvalue weighted by atomic mass is 10.1. The van der Waals surface area contributed by atoms with Gasteiger partial charge in [0.25, 0.3) is 0 Å². The summed E-state index contributed by atoms with van der Waals surface area (Å²) >= 11 is 0. The second-order valence-electron chi connectivity index (χ2n) is 3.33. The smallest absolute Gasteiger partial charge is 0.337 e. The number of carboxylic acid groups (broad SMARTS) is 1. The molecule has 0 unspecified atom stereocenters. The van der Waals surface area contributed by atoms with Gasteiger partial charge in [0.2, 0.25) is 5.96 Å². The molecule has 0 saturated carbocycles. The lowest BCUT2D eigenvalue weighted by Gasteiger charge is -2.02. The van der Waals surface area contributed by atoms with Crippen LogP contribution in [-0.2, 0) is 0 Å². The maximum atomic E-state index is 10.9. The summed E-state index contributed by atoms with van der Waals surface area (Å²) in [6.07, 6.45) is 0. The lowest BCUT2D eigenvalue weighted by molar-refractivity contribution is 0.0698. The van der Waals surface area contributed by atoms with Gasteiger partial charge < -0.3 is 22.3 Å².